The summed E-state index contributed by atoms with van der Waals surface area (Å²) in [5, 5.41) is 1.51. The van der Waals surface area contributed by atoms with Crippen molar-refractivity contribution in [2.45, 2.75) is 6.04 Å². The molecule has 0 spiro atoms. The smallest absolute Gasteiger partial charge is 0.102 e. The maximum atomic E-state index is 6.59. The van der Waals surface area contributed by atoms with Crippen LogP contribution in [0.1, 0.15) is 0 Å². The van der Waals surface area contributed by atoms with Crippen LogP contribution in [0.5, 0.6) is 0 Å². The molecule has 2 heterocycles. The molecule has 2 atom stereocenters. The molecule has 2 aliphatic carbocycles. The standard InChI is InChI=1S/C16H12Cl2N2/c1-20-15-10(6-4-7-11(15)17)13(18)14-16(20)9-5-2-3-8-12(9)19-14/h2-9,15H,1H3. The minimum atomic E-state index is 0.00164. The van der Waals surface area contributed by atoms with E-state index in [0.717, 1.165) is 27.7 Å². The van der Waals surface area contributed by atoms with Crippen molar-refractivity contribution in [3.05, 3.63) is 69.6 Å². The summed E-state index contributed by atoms with van der Waals surface area (Å²) in [7, 11) is 2.06. The van der Waals surface area contributed by atoms with E-state index in [9.17, 15) is 0 Å². The van der Waals surface area contributed by atoms with Crippen molar-refractivity contribution in [1.82, 2.24) is 4.90 Å². The van der Waals surface area contributed by atoms with Crippen LogP contribution < -0.4 is 0 Å². The van der Waals surface area contributed by atoms with Crippen molar-refractivity contribution >= 4 is 28.9 Å². The van der Waals surface area contributed by atoms with Crippen LogP contribution in [0, 0.1) is 5.92 Å². The summed E-state index contributed by atoms with van der Waals surface area (Å²) in [5.74, 6) is 0.186. The summed E-state index contributed by atoms with van der Waals surface area (Å²) in [4.78, 5) is 6.91. The van der Waals surface area contributed by atoms with Crippen LogP contribution in [0.25, 0.3) is 0 Å². The van der Waals surface area contributed by atoms with Gasteiger partial charge >= 0.3 is 0 Å². The summed E-state index contributed by atoms with van der Waals surface area (Å²) in [5.41, 5.74) is 4.09. The second-order valence-electron chi connectivity index (χ2n) is 5.19. The van der Waals surface area contributed by atoms with Gasteiger partial charge in [-0.3, -0.25) is 0 Å². The van der Waals surface area contributed by atoms with Crippen LogP contribution >= 0.6 is 23.2 Å². The van der Waals surface area contributed by atoms with Gasteiger partial charge in [-0.05, 0) is 12.2 Å². The summed E-state index contributed by atoms with van der Waals surface area (Å²) < 4.78 is 0. The Morgan fingerprint density at radius 3 is 2.85 bits per heavy atom. The Kier molecular flexibility index (Phi) is 2.60. The number of halogens is 2. The quantitative estimate of drug-likeness (QED) is 0.663. The molecule has 0 fully saturated rings. The zero-order valence-electron chi connectivity index (χ0n) is 10.8. The zero-order chi connectivity index (χ0) is 13.9. The van der Waals surface area contributed by atoms with E-state index in [4.69, 9.17) is 28.2 Å². The van der Waals surface area contributed by atoms with Crippen LogP contribution in [-0.4, -0.2) is 23.7 Å². The molecular weight excluding hydrogens is 291 g/mol. The third-order valence-electron chi connectivity index (χ3n) is 4.09. The molecule has 0 N–H and O–H groups in total. The number of allylic oxidation sites excluding steroid dienone is 7. The molecule has 0 aromatic rings. The van der Waals surface area contributed by atoms with E-state index in [1.165, 1.54) is 0 Å². The van der Waals surface area contributed by atoms with Crippen LogP contribution in [0.4, 0.5) is 0 Å². The van der Waals surface area contributed by atoms with E-state index < -0.39 is 0 Å². The number of aliphatic imine (C=N–C) groups is 1. The average Bonchev–Trinajstić information content (AvgIpc) is 2.84. The molecule has 4 rings (SSSR count). The van der Waals surface area contributed by atoms with Gasteiger partial charge in [0.05, 0.1) is 28.4 Å². The van der Waals surface area contributed by atoms with Crippen molar-refractivity contribution in [1.29, 1.82) is 0 Å². The predicted octanol–water partition coefficient (Wildman–Crippen LogP) is 3.89. The Labute approximate surface area is 127 Å². The van der Waals surface area contributed by atoms with Crippen LogP contribution in [-0.2, 0) is 0 Å². The molecule has 0 saturated carbocycles. The van der Waals surface area contributed by atoms with E-state index in [1.54, 1.807) is 0 Å². The van der Waals surface area contributed by atoms with Gasteiger partial charge in [0.2, 0.25) is 0 Å². The first-order chi connectivity index (χ1) is 9.68. The number of fused-ring (bicyclic) bond motifs is 3. The van der Waals surface area contributed by atoms with Gasteiger partial charge in [-0.2, -0.15) is 0 Å². The van der Waals surface area contributed by atoms with Gasteiger partial charge in [-0.1, -0.05) is 53.6 Å². The lowest BCUT2D eigenvalue weighted by Gasteiger charge is -2.39. The number of hydrogen-bond acceptors (Lipinski definition) is 2. The molecule has 20 heavy (non-hydrogen) atoms. The second-order valence-corrected chi connectivity index (χ2v) is 6.00. The Balaban J connectivity index is 1.91. The lowest BCUT2D eigenvalue weighted by Crippen LogP contribution is -2.39. The molecule has 100 valence electrons. The highest BCUT2D eigenvalue weighted by molar-refractivity contribution is 6.34. The van der Waals surface area contributed by atoms with Gasteiger partial charge in [0.1, 0.15) is 5.70 Å². The number of hydrogen-bond donors (Lipinski definition) is 0. The van der Waals surface area contributed by atoms with Crippen LogP contribution in [0.2, 0.25) is 0 Å². The molecule has 2 nitrogen and oxygen atoms in total. The maximum absolute atomic E-state index is 6.59. The number of rotatable bonds is 0. The monoisotopic (exact) mass is 302 g/mol. The van der Waals surface area contributed by atoms with E-state index in [-0.39, 0.29) is 12.0 Å². The Morgan fingerprint density at radius 2 is 2.00 bits per heavy atom. The molecule has 4 heteroatoms. The van der Waals surface area contributed by atoms with Crippen LogP contribution in [0.3, 0.4) is 0 Å². The third kappa shape index (κ3) is 1.49. The highest BCUT2D eigenvalue weighted by Gasteiger charge is 2.40. The van der Waals surface area contributed by atoms with Crippen molar-refractivity contribution in [3.63, 3.8) is 0 Å². The Hall–Kier alpha value is -1.51. The van der Waals surface area contributed by atoms with Crippen molar-refractivity contribution in [3.8, 4) is 0 Å². The minimum absolute atomic E-state index is 0.00164. The molecule has 2 aliphatic heterocycles. The number of likely N-dealkylation sites (N-methyl/N-ethyl adjacent to an activating group) is 1. The highest BCUT2D eigenvalue weighted by Crippen LogP contribution is 2.46. The Bertz CT molecular complexity index is 717. The van der Waals surface area contributed by atoms with E-state index in [1.807, 2.05) is 30.4 Å². The van der Waals surface area contributed by atoms with Crippen LogP contribution in [0.15, 0.2) is 74.6 Å². The van der Waals surface area contributed by atoms with Gasteiger partial charge in [-0.25, -0.2) is 4.99 Å². The highest BCUT2D eigenvalue weighted by atomic mass is 35.5. The fourth-order valence-corrected chi connectivity index (χ4v) is 3.83. The maximum Gasteiger partial charge on any atom is 0.102 e. The first-order valence-electron chi connectivity index (χ1n) is 6.52. The molecule has 2 unspecified atom stereocenters. The third-order valence-corrected chi connectivity index (χ3v) is 4.82. The van der Waals surface area contributed by atoms with Crippen molar-refractivity contribution < 1.29 is 0 Å². The lowest BCUT2D eigenvalue weighted by atomic mass is 9.89. The summed E-state index contributed by atoms with van der Waals surface area (Å²) in [6.45, 7) is 0. The van der Waals surface area contributed by atoms with Gasteiger partial charge < -0.3 is 4.90 Å². The first kappa shape index (κ1) is 12.2. The molecule has 4 aliphatic rings. The SMILES string of the molecule is CN1C2=C(N=C3C=CC=CC32)C(Cl)=C2C=CC=C(Cl)C21. The summed E-state index contributed by atoms with van der Waals surface area (Å²) in [6, 6.07) is 0.00164. The molecular formula is C16H12Cl2N2. The van der Waals surface area contributed by atoms with Gasteiger partial charge in [0, 0.05) is 17.7 Å². The summed E-state index contributed by atoms with van der Waals surface area (Å²) in [6.07, 6.45) is 14.1. The minimum Gasteiger partial charge on any atom is -0.363 e. The second kappa shape index (κ2) is 4.24. The van der Waals surface area contributed by atoms with Gasteiger partial charge in [0.25, 0.3) is 0 Å². The topological polar surface area (TPSA) is 15.6 Å². The fraction of sp³-hybridized carbons (Fsp3) is 0.188. The van der Waals surface area contributed by atoms with Gasteiger partial charge in [0.15, 0.2) is 0 Å². The molecule has 0 saturated heterocycles. The molecule has 0 radical (unpaired) electrons. The molecule has 0 aromatic heterocycles. The number of nitrogens with zero attached hydrogens (tertiary/aromatic N) is 2. The summed E-state index contributed by atoms with van der Waals surface area (Å²) >= 11 is 13.0. The normalized spacial score (nSPS) is 30.2. The van der Waals surface area contributed by atoms with E-state index in [0.29, 0.717) is 5.03 Å². The fourth-order valence-electron chi connectivity index (χ4n) is 3.19. The van der Waals surface area contributed by atoms with Crippen molar-refractivity contribution in [2.24, 2.45) is 10.9 Å². The lowest BCUT2D eigenvalue weighted by molar-refractivity contribution is 0.359. The first-order valence-corrected chi connectivity index (χ1v) is 7.28. The zero-order valence-corrected chi connectivity index (χ0v) is 12.4. The van der Waals surface area contributed by atoms with Gasteiger partial charge in [-0.15, -0.1) is 0 Å². The Morgan fingerprint density at radius 1 is 1.15 bits per heavy atom. The average molecular weight is 303 g/mol. The van der Waals surface area contributed by atoms with Crippen molar-refractivity contribution in [2.75, 3.05) is 7.05 Å². The predicted molar refractivity (Wildman–Crippen MR) is 83.7 cm³/mol. The largest absolute Gasteiger partial charge is 0.363 e. The van der Waals surface area contributed by atoms with E-state index in [2.05, 4.69) is 24.1 Å². The molecule has 0 aromatic carbocycles. The molecule has 0 bridgehead atoms. The van der Waals surface area contributed by atoms with E-state index >= 15 is 0 Å². The molecule has 0 amide bonds.